The summed E-state index contributed by atoms with van der Waals surface area (Å²) in [5, 5.41) is 23.4. The quantitative estimate of drug-likeness (QED) is 0.459. The van der Waals surface area contributed by atoms with E-state index in [0.29, 0.717) is 12.8 Å². The highest BCUT2D eigenvalue weighted by Gasteiger charge is 2.22. The number of benzene rings is 1. The first-order valence-corrected chi connectivity index (χ1v) is 6.93. The number of carbonyl (C=O) groups is 1. The van der Waals surface area contributed by atoms with Gasteiger partial charge in [-0.1, -0.05) is 13.8 Å². The third-order valence-electron chi connectivity index (χ3n) is 3.51. The lowest BCUT2D eigenvalue weighted by atomic mass is 9.98. The first-order valence-electron chi connectivity index (χ1n) is 6.93. The smallest absolute Gasteiger partial charge is 0.279 e. The van der Waals surface area contributed by atoms with Gasteiger partial charge in [0.05, 0.1) is 22.2 Å². The molecule has 0 saturated carbocycles. The number of carbonyl (C=O) groups excluding carboxylic acids is 1. The molecule has 6 nitrogen and oxygen atoms in total. The Kier molecular flexibility index (Phi) is 6.18. The molecule has 1 aromatic rings. The van der Waals surface area contributed by atoms with Crippen LogP contribution in [0.2, 0.25) is 0 Å². The Balaban J connectivity index is 2.77. The number of aliphatic hydroxyl groups is 1. The van der Waals surface area contributed by atoms with Crippen molar-refractivity contribution < 1.29 is 19.2 Å². The molecule has 0 aromatic heterocycles. The molecule has 1 aromatic carbocycles. The molecule has 0 atom stereocenters. The lowest BCUT2D eigenvalue weighted by Crippen LogP contribution is -2.41. The van der Waals surface area contributed by atoms with Crippen molar-refractivity contribution in [1.82, 2.24) is 5.32 Å². The van der Waals surface area contributed by atoms with Gasteiger partial charge in [-0.05, 0) is 31.1 Å². The van der Waals surface area contributed by atoms with E-state index in [0.717, 1.165) is 18.2 Å². The van der Waals surface area contributed by atoms with Crippen LogP contribution in [0, 0.1) is 15.9 Å². The maximum Gasteiger partial charge on any atom is 0.279 e. The van der Waals surface area contributed by atoms with E-state index in [-0.39, 0.29) is 12.1 Å². The highest BCUT2D eigenvalue weighted by molar-refractivity contribution is 5.92. The summed E-state index contributed by atoms with van der Waals surface area (Å²) in [6.07, 6.45) is 3.35. The van der Waals surface area contributed by atoms with Crippen LogP contribution in [0.25, 0.3) is 6.08 Å². The Labute approximate surface area is 127 Å². The average Bonchev–Trinajstić information content (AvgIpc) is 2.51. The van der Waals surface area contributed by atoms with Crippen molar-refractivity contribution in [3.63, 3.8) is 0 Å². The average molecular weight is 310 g/mol. The van der Waals surface area contributed by atoms with Crippen LogP contribution in [0.5, 0.6) is 0 Å². The molecule has 0 spiro atoms. The zero-order valence-corrected chi connectivity index (χ0v) is 12.5. The first-order chi connectivity index (χ1) is 10.3. The highest BCUT2D eigenvalue weighted by Crippen LogP contribution is 2.21. The van der Waals surface area contributed by atoms with E-state index in [1.54, 1.807) is 0 Å². The van der Waals surface area contributed by atoms with Gasteiger partial charge in [0.15, 0.2) is 0 Å². The lowest BCUT2D eigenvalue weighted by molar-refractivity contribution is -0.385. The van der Waals surface area contributed by atoms with Crippen molar-refractivity contribution >= 4 is 17.7 Å². The number of hydrogen-bond acceptors (Lipinski definition) is 4. The number of nitrogens with zero attached hydrogens (tertiary/aromatic N) is 1. The third kappa shape index (κ3) is 4.92. The second-order valence-corrected chi connectivity index (χ2v) is 4.94. The molecule has 0 heterocycles. The molecule has 22 heavy (non-hydrogen) atoms. The van der Waals surface area contributed by atoms with Crippen LogP contribution < -0.4 is 5.32 Å². The number of nitro groups is 1. The van der Waals surface area contributed by atoms with Crippen molar-refractivity contribution in [2.24, 2.45) is 0 Å². The van der Waals surface area contributed by atoms with Gasteiger partial charge in [-0.15, -0.1) is 0 Å². The Morgan fingerprint density at radius 1 is 1.45 bits per heavy atom. The summed E-state index contributed by atoms with van der Waals surface area (Å²) in [6, 6.07) is 3.10. The zero-order chi connectivity index (χ0) is 16.8. The van der Waals surface area contributed by atoms with Crippen LogP contribution in [-0.2, 0) is 4.79 Å². The molecule has 7 heteroatoms. The van der Waals surface area contributed by atoms with Gasteiger partial charge in [0.25, 0.3) is 5.69 Å². The number of nitro benzene ring substituents is 1. The summed E-state index contributed by atoms with van der Waals surface area (Å²) in [5.74, 6) is -1.21. The molecule has 0 aliphatic heterocycles. The molecule has 0 aliphatic rings. The summed E-state index contributed by atoms with van der Waals surface area (Å²) in [6.45, 7) is 3.72. The molecule has 0 unspecified atom stereocenters. The van der Waals surface area contributed by atoms with Crippen LogP contribution >= 0.6 is 0 Å². The van der Waals surface area contributed by atoms with E-state index in [2.05, 4.69) is 5.32 Å². The molecule has 120 valence electrons. The van der Waals surface area contributed by atoms with E-state index in [1.807, 2.05) is 13.8 Å². The van der Waals surface area contributed by atoms with Crippen molar-refractivity contribution in [2.45, 2.75) is 32.3 Å². The summed E-state index contributed by atoms with van der Waals surface area (Å²) < 4.78 is 13.0. The predicted octanol–water partition coefficient (Wildman–Crippen LogP) is 2.41. The molecule has 1 amide bonds. The fourth-order valence-electron chi connectivity index (χ4n) is 1.79. The van der Waals surface area contributed by atoms with Gasteiger partial charge in [-0.2, -0.15) is 0 Å². The normalized spacial score (nSPS) is 11.6. The molecule has 0 radical (unpaired) electrons. The van der Waals surface area contributed by atoms with Crippen molar-refractivity contribution in [1.29, 1.82) is 0 Å². The SMILES string of the molecule is CCC(O)(CC)CNC(=O)C=Cc1ccc(F)cc1[N+](=O)[O-]. The van der Waals surface area contributed by atoms with E-state index in [4.69, 9.17) is 0 Å². The van der Waals surface area contributed by atoms with Crippen LogP contribution in [-0.4, -0.2) is 28.1 Å². The molecule has 2 N–H and O–H groups in total. The molecule has 0 bridgehead atoms. The standard InChI is InChI=1S/C15H19FN2O4/c1-3-15(20,4-2)10-17-14(19)8-6-11-5-7-12(16)9-13(11)18(21)22/h5-9,20H,3-4,10H2,1-2H3,(H,17,19). The Hall–Kier alpha value is -2.28. The minimum Gasteiger partial charge on any atom is -0.388 e. The zero-order valence-electron chi connectivity index (χ0n) is 12.5. The van der Waals surface area contributed by atoms with Gasteiger partial charge in [-0.25, -0.2) is 4.39 Å². The number of halogens is 1. The van der Waals surface area contributed by atoms with Crippen molar-refractivity contribution in [2.75, 3.05) is 6.54 Å². The Morgan fingerprint density at radius 2 is 2.09 bits per heavy atom. The Morgan fingerprint density at radius 3 is 2.64 bits per heavy atom. The number of nitrogens with one attached hydrogen (secondary N) is 1. The topological polar surface area (TPSA) is 92.5 Å². The summed E-state index contributed by atoms with van der Waals surface area (Å²) >= 11 is 0. The molecule has 1 rings (SSSR count). The third-order valence-corrected chi connectivity index (χ3v) is 3.51. The first kappa shape index (κ1) is 17.8. The monoisotopic (exact) mass is 310 g/mol. The minimum atomic E-state index is -0.967. The second kappa shape index (κ2) is 7.65. The highest BCUT2D eigenvalue weighted by atomic mass is 19.1. The predicted molar refractivity (Wildman–Crippen MR) is 80.6 cm³/mol. The van der Waals surface area contributed by atoms with Gasteiger partial charge in [0, 0.05) is 12.6 Å². The van der Waals surface area contributed by atoms with Crippen LogP contribution in [0.15, 0.2) is 24.3 Å². The number of amides is 1. The summed E-state index contributed by atoms with van der Waals surface area (Å²) in [4.78, 5) is 21.8. The molecular weight excluding hydrogens is 291 g/mol. The largest absolute Gasteiger partial charge is 0.388 e. The van der Waals surface area contributed by atoms with Crippen molar-refractivity contribution in [3.05, 3.63) is 45.8 Å². The van der Waals surface area contributed by atoms with Crippen LogP contribution in [0.1, 0.15) is 32.3 Å². The maximum atomic E-state index is 13.0. The Bertz CT molecular complexity index is 583. The van der Waals surface area contributed by atoms with E-state index < -0.39 is 27.9 Å². The van der Waals surface area contributed by atoms with Gasteiger partial charge >= 0.3 is 0 Å². The molecule has 0 saturated heterocycles. The van der Waals surface area contributed by atoms with Gasteiger partial charge in [0.1, 0.15) is 5.82 Å². The van der Waals surface area contributed by atoms with E-state index in [9.17, 15) is 24.4 Å². The number of hydrogen-bond donors (Lipinski definition) is 2. The molecule has 0 fully saturated rings. The summed E-state index contributed by atoms with van der Waals surface area (Å²) in [5.41, 5.74) is -1.25. The fourth-order valence-corrected chi connectivity index (χ4v) is 1.79. The summed E-state index contributed by atoms with van der Waals surface area (Å²) in [7, 11) is 0. The lowest BCUT2D eigenvalue weighted by Gasteiger charge is -2.24. The van der Waals surface area contributed by atoms with Gasteiger partial charge in [0.2, 0.25) is 5.91 Å². The fraction of sp³-hybridized carbons (Fsp3) is 0.400. The minimum absolute atomic E-state index is 0.0919. The second-order valence-electron chi connectivity index (χ2n) is 4.94. The van der Waals surface area contributed by atoms with Gasteiger partial charge in [-0.3, -0.25) is 14.9 Å². The molecular formula is C15H19FN2O4. The van der Waals surface area contributed by atoms with Crippen LogP contribution in [0.4, 0.5) is 10.1 Å². The van der Waals surface area contributed by atoms with E-state index in [1.165, 1.54) is 12.1 Å². The maximum absolute atomic E-state index is 13.0. The van der Waals surface area contributed by atoms with E-state index >= 15 is 0 Å². The van der Waals surface area contributed by atoms with Crippen LogP contribution in [0.3, 0.4) is 0 Å². The molecule has 0 aliphatic carbocycles. The van der Waals surface area contributed by atoms with Gasteiger partial charge < -0.3 is 10.4 Å². The number of rotatable bonds is 7. The van der Waals surface area contributed by atoms with Crippen molar-refractivity contribution in [3.8, 4) is 0 Å².